The molecule has 2 amide bonds. The van der Waals surface area contributed by atoms with Crippen molar-refractivity contribution < 1.29 is 23.5 Å². The van der Waals surface area contributed by atoms with E-state index in [4.69, 9.17) is 13.9 Å². The lowest BCUT2D eigenvalue weighted by molar-refractivity contribution is -0.119. The summed E-state index contributed by atoms with van der Waals surface area (Å²) in [5, 5.41) is 8.08. The topological polar surface area (TPSA) is 116 Å². The SMILES string of the molecule is O=C(CSc1nnc([C@@H]2COc3ccccc3O2)o1)NNC(=O)c1ccccc1. The highest BCUT2D eigenvalue weighted by atomic mass is 32.2. The number of hydrogen-bond acceptors (Lipinski definition) is 8. The molecule has 2 aromatic carbocycles. The van der Waals surface area contributed by atoms with E-state index in [2.05, 4.69) is 21.0 Å². The van der Waals surface area contributed by atoms with Crippen LogP contribution in [0.1, 0.15) is 22.4 Å². The van der Waals surface area contributed by atoms with Crippen molar-refractivity contribution in [3.8, 4) is 11.5 Å². The Hall–Kier alpha value is -3.53. The Morgan fingerprint density at radius 2 is 1.76 bits per heavy atom. The molecule has 0 radical (unpaired) electrons. The number of rotatable bonds is 5. The van der Waals surface area contributed by atoms with E-state index in [0.717, 1.165) is 11.8 Å². The van der Waals surface area contributed by atoms with Gasteiger partial charge >= 0.3 is 0 Å². The van der Waals surface area contributed by atoms with Crippen LogP contribution in [-0.2, 0) is 4.79 Å². The maximum absolute atomic E-state index is 11.9. The van der Waals surface area contributed by atoms with Gasteiger partial charge in [-0.1, -0.05) is 42.1 Å². The molecule has 10 heteroatoms. The predicted molar refractivity (Wildman–Crippen MR) is 102 cm³/mol. The third-order valence-corrected chi connectivity index (χ3v) is 4.70. The second kappa shape index (κ2) is 8.65. The summed E-state index contributed by atoms with van der Waals surface area (Å²) in [5.74, 6) is 0.696. The molecule has 29 heavy (non-hydrogen) atoms. The zero-order valence-electron chi connectivity index (χ0n) is 15.0. The number of ether oxygens (including phenoxy) is 2. The highest BCUT2D eigenvalue weighted by Crippen LogP contribution is 2.35. The smallest absolute Gasteiger partial charge is 0.277 e. The van der Waals surface area contributed by atoms with E-state index in [1.807, 2.05) is 18.2 Å². The van der Waals surface area contributed by atoms with Crippen LogP contribution in [0.25, 0.3) is 0 Å². The summed E-state index contributed by atoms with van der Waals surface area (Å²) in [4.78, 5) is 23.8. The fraction of sp³-hybridized carbons (Fsp3) is 0.158. The van der Waals surface area contributed by atoms with Crippen molar-refractivity contribution in [2.24, 2.45) is 0 Å². The van der Waals surface area contributed by atoms with Gasteiger partial charge in [-0.15, -0.1) is 10.2 Å². The number of nitrogens with one attached hydrogen (secondary N) is 2. The van der Waals surface area contributed by atoms with Gasteiger partial charge in [0.15, 0.2) is 11.5 Å². The average molecular weight is 412 g/mol. The number of hydrogen-bond donors (Lipinski definition) is 2. The minimum Gasteiger partial charge on any atom is -0.485 e. The lowest BCUT2D eigenvalue weighted by Crippen LogP contribution is -2.42. The lowest BCUT2D eigenvalue weighted by atomic mass is 10.2. The van der Waals surface area contributed by atoms with Gasteiger partial charge in [0.05, 0.1) is 5.75 Å². The minimum absolute atomic E-state index is 0.0123. The Bertz CT molecular complexity index is 1010. The van der Waals surface area contributed by atoms with E-state index in [1.54, 1.807) is 36.4 Å². The molecule has 3 aromatic rings. The Morgan fingerprint density at radius 3 is 2.59 bits per heavy atom. The van der Waals surface area contributed by atoms with E-state index < -0.39 is 17.9 Å². The van der Waals surface area contributed by atoms with Crippen LogP contribution in [0.2, 0.25) is 0 Å². The summed E-state index contributed by atoms with van der Waals surface area (Å²) < 4.78 is 17.0. The molecule has 1 aliphatic rings. The third kappa shape index (κ3) is 4.66. The molecule has 0 spiro atoms. The van der Waals surface area contributed by atoms with Gasteiger partial charge in [-0.25, -0.2) is 0 Å². The van der Waals surface area contributed by atoms with Gasteiger partial charge in [-0.05, 0) is 24.3 Å². The molecule has 2 N–H and O–H groups in total. The molecular formula is C19H16N4O5S. The number of benzene rings is 2. The molecule has 0 aliphatic carbocycles. The summed E-state index contributed by atoms with van der Waals surface area (Å²) in [6.45, 7) is 0.245. The first-order valence-corrected chi connectivity index (χ1v) is 9.66. The highest BCUT2D eigenvalue weighted by molar-refractivity contribution is 7.99. The van der Waals surface area contributed by atoms with Crippen molar-refractivity contribution in [1.82, 2.24) is 21.0 Å². The van der Waals surface area contributed by atoms with Crippen LogP contribution in [0, 0.1) is 0 Å². The van der Waals surface area contributed by atoms with Crippen LogP contribution < -0.4 is 20.3 Å². The Balaban J connectivity index is 1.25. The van der Waals surface area contributed by atoms with Crippen LogP contribution in [0.4, 0.5) is 0 Å². The van der Waals surface area contributed by atoms with Crippen molar-refractivity contribution in [3.63, 3.8) is 0 Å². The van der Waals surface area contributed by atoms with E-state index in [9.17, 15) is 9.59 Å². The first-order chi connectivity index (χ1) is 14.2. The molecule has 0 saturated carbocycles. The molecule has 148 valence electrons. The zero-order chi connectivity index (χ0) is 20.1. The van der Waals surface area contributed by atoms with Crippen LogP contribution in [0.3, 0.4) is 0 Å². The van der Waals surface area contributed by atoms with Gasteiger partial charge in [-0.3, -0.25) is 20.4 Å². The van der Waals surface area contributed by atoms with Gasteiger partial charge < -0.3 is 13.9 Å². The number of carbonyl (C=O) groups excluding carboxylic acids is 2. The molecule has 9 nitrogen and oxygen atoms in total. The van der Waals surface area contributed by atoms with E-state index in [0.29, 0.717) is 17.1 Å². The van der Waals surface area contributed by atoms with Crippen molar-refractivity contribution in [1.29, 1.82) is 0 Å². The van der Waals surface area contributed by atoms with Crippen molar-refractivity contribution in [2.75, 3.05) is 12.4 Å². The second-order valence-corrected chi connectivity index (χ2v) is 6.85. The molecule has 0 bridgehead atoms. The number of hydrazine groups is 1. The summed E-state index contributed by atoms with van der Waals surface area (Å²) in [6, 6.07) is 15.9. The second-order valence-electron chi connectivity index (χ2n) is 5.93. The zero-order valence-corrected chi connectivity index (χ0v) is 15.8. The first kappa shape index (κ1) is 18.8. The van der Waals surface area contributed by atoms with Crippen LogP contribution in [-0.4, -0.2) is 34.4 Å². The molecule has 1 atom stereocenters. The Morgan fingerprint density at radius 1 is 1.00 bits per heavy atom. The predicted octanol–water partition coefficient (Wildman–Crippen LogP) is 2.14. The summed E-state index contributed by atoms with van der Waals surface area (Å²) in [7, 11) is 0. The number of para-hydroxylation sites is 2. The molecule has 1 aromatic heterocycles. The monoisotopic (exact) mass is 412 g/mol. The van der Waals surface area contributed by atoms with Gasteiger partial charge in [0.2, 0.25) is 12.0 Å². The number of thioether (sulfide) groups is 1. The molecule has 2 heterocycles. The molecular weight excluding hydrogens is 396 g/mol. The first-order valence-electron chi connectivity index (χ1n) is 8.68. The number of aromatic nitrogens is 2. The number of carbonyl (C=O) groups is 2. The lowest BCUT2D eigenvalue weighted by Gasteiger charge is -2.23. The Labute approximate surface area is 169 Å². The third-order valence-electron chi connectivity index (χ3n) is 3.88. The molecule has 4 rings (SSSR count). The number of nitrogens with zero attached hydrogens (tertiary/aromatic N) is 2. The molecule has 0 saturated heterocycles. The van der Waals surface area contributed by atoms with Gasteiger partial charge in [0, 0.05) is 5.56 Å². The highest BCUT2D eigenvalue weighted by Gasteiger charge is 2.27. The minimum atomic E-state index is -0.522. The van der Waals surface area contributed by atoms with Gasteiger partial charge in [0.25, 0.3) is 17.0 Å². The maximum atomic E-state index is 11.9. The number of amides is 2. The van der Waals surface area contributed by atoms with E-state index in [1.165, 1.54) is 0 Å². The molecule has 0 fully saturated rings. The quantitative estimate of drug-likeness (QED) is 0.484. The Kier molecular flexibility index (Phi) is 5.61. The van der Waals surface area contributed by atoms with Gasteiger partial charge in [-0.2, -0.15) is 0 Å². The fourth-order valence-corrected chi connectivity index (χ4v) is 3.07. The molecule has 0 unspecified atom stereocenters. The van der Waals surface area contributed by atoms with Crippen LogP contribution >= 0.6 is 11.8 Å². The summed E-state index contributed by atoms with van der Waals surface area (Å²) in [5.41, 5.74) is 5.13. The summed E-state index contributed by atoms with van der Waals surface area (Å²) >= 11 is 1.05. The fourth-order valence-electron chi connectivity index (χ4n) is 2.50. The standard InChI is InChI=1S/C19H16N4O5S/c24-16(20-21-17(25)12-6-2-1-3-7-12)11-29-19-23-22-18(28-19)15-10-26-13-8-4-5-9-14(13)27-15/h1-9,15H,10-11H2,(H,20,24)(H,21,25)/t15-/m0/s1. The average Bonchev–Trinajstić information content (AvgIpc) is 3.25. The van der Waals surface area contributed by atoms with E-state index in [-0.39, 0.29) is 23.5 Å². The van der Waals surface area contributed by atoms with Crippen molar-refractivity contribution in [2.45, 2.75) is 11.3 Å². The van der Waals surface area contributed by atoms with Gasteiger partial charge in [0.1, 0.15) is 6.61 Å². The van der Waals surface area contributed by atoms with Crippen LogP contribution in [0.15, 0.2) is 64.2 Å². The van der Waals surface area contributed by atoms with E-state index >= 15 is 0 Å². The normalized spacial score (nSPS) is 14.8. The summed E-state index contributed by atoms with van der Waals surface area (Å²) in [6.07, 6.45) is -0.522. The molecule has 1 aliphatic heterocycles. The van der Waals surface area contributed by atoms with Crippen molar-refractivity contribution >= 4 is 23.6 Å². The largest absolute Gasteiger partial charge is 0.485 e. The van der Waals surface area contributed by atoms with Crippen molar-refractivity contribution in [3.05, 3.63) is 66.1 Å². The number of fused-ring (bicyclic) bond motifs is 1. The maximum Gasteiger partial charge on any atom is 0.277 e. The van der Waals surface area contributed by atoms with Crippen LogP contribution in [0.5, 0.6) is 11.5 Å².